The van der Waals surface area contributed by atoms with Gasteiger partial charge in [0.1, 0.15) is 11.4 Å². The number of unbranched alkanes of at least 4 members (excludes halogenated alkanes) is 5. The predicted molar refractivity (Wildman–Crippen MR) is 175 cm³/mol. The number of anilines is 1. The largest absolute Gasteiger partial charge is 0.493 e. The fourth-order valence-electron chi connectivity index (χ4n) is 6.73. The number of esters is 1. The molecule has 3 heterocycles. The van der Waals surface area contributed by atoms with Gasteiger partial charge in [-0.3, -0.25) is 4.98 Å². The van der Waals surface area contributed by atoms with E-state index in [0.29, 0.717) is 23.6 Å². The van der Waals surface area contributed by atoms with Crippen molar-refractivity contribution in [2.24, 2.45) is 0 Å². The van der Waals surface area contributed by atoms with E-state index in [-0.39, 0.29) is 11.9 Å². The van der Waals surface area contributed by atoms with Gasteiger partial charge in [0.25, 0.3) is 0 Å². The summed E-state index contributed by atoms with van der Waals surface area (Å²) in [6.07, 6.45) is 10.3. The number of carbonyl (C=O) groups is 1. The molecule has 6 heteroatoms. The number of ether oxygens (including phenoxy) is 2. The Kier molecular flexibility index (Phi) is 9.74. The zero-order chi connectivity index (χ0) is 30.4. The Morgan fingerprint density at radius 2 is 1.72 bits per heavy atom. The van der Waals surface area contributed by atoms with Gasteiger partial charge < -0.3 is 19.4 Å². The van der Waals surface area contributed by atoms with E-state index in [4.69, 9.17) is 14.5 Å². The van der Waals surface area contributed by atoms with E-state index in [9.17, 15) is 4.79 Å². The van der Waals surface area contributed by atoms with E-state index in [2.05, 4.69) is 80.0 Å². The number of aromatic amines is 1. The molecule has 228 valence electrons. The molecular formula is C37H47N3O3. The highest BCUT2D eigenvalue weighted by molar-refractivity contribution is 5.98. The fourth-order valence-corrected chi connectivity index (χ4v) is 6.73. The first-order valence-corrected chi connectivity index (χ1v) is 16.3. The van der Waals surface area contributed by atoms with Gasteiger partial charge in [0.2, 0.25) is 5.60 Å². The van der Waals surface area contributed by atoms with Crippen LogP contribution in [0.5, 0.6) is 5.75 Å². The van der Waals surface area contributed by atoms with Crippen molar-refractivity contribution in [3.05, 3.63) is 88.9 Å². The third kappa shape index (κ3) is 5.76. The molecule has 5 rings (SSSR count). The number of nitrogens with zero attached hydrogens (tertiary/aromatic N) is 2. The first-order chi connectivity index (χ1) is 21.0. The van der Waals surface area contributed by atoms with Crippen molar-refractivity contribution in [3.8, 4) is 5.75 Å². The summed E-state index contributed by atoms with van der Waals surface area (Å²) in [5.74, 6) is 0.568. The number of hydrogen-bond acceptors (Lipinski definition) is 5. The Bertz CT molecular complexity index is 1540. The Hall–Kier alpha value is -3.80. The average molecular weight is 582 g/mol. The van der Waals surface area contributed by atoms with E-state index >= 15 is 0 Å². The molecule has 6 nitrogen and oxygen atoms in total. The highest BCUT2D eigenvalue weighted by Gasteiger charge is 2.54. The van der Waals surface area contributed by atoms with Crippen LogP contribution >= 0.6 is 0 Å². The second-order valence-corrected chi connectivity index (χ2v) is 11.7. The Morgan fingerprint density at radius 1 is 0.953 bits per heavy atom. The topological polar surface area (TPSA) is 67.5 Å². The number of rotatable bonds is 15. The van der Waals surface area contributed by atoms with Gasteiger partial charge in [0.05, 0.1) is 12.2 Å². The number of para-hydroxylation sites is 1. The minimum absolute atomic E-state index is 0.224. The summed E-state index contributed by atoms with van der Waals surface area (Å²) in [6, 6.07) is 18.3. The molecule has 0 saturated carbocycles. The van der Waals surface area contributed by atoms with Gasteiger partial charge in [-0.15, -0.1) is 0 Å². The van der Waals surface area contributed by atoms with Crippen LogP contribution in [0.4, 0.5) is 5.69 Å². The molecule has 0 amide bonds. The highest BCUT2D eigenvalue weighted by atomic mass is 16.6. The van der Waals surface area contributed by atoms with E-state index in [1.165, 1.54) is 32.1 Å². The van der Waals surface area contributed by atoms with Gasteiger partial charge in [-0.05, 0) is 63.4 Å². The molecule has 1 N–H and O–H groups in total. The lowest BCUT2D eigenvalue weighted by Crippen LogP contribution is -2.33. The van der Waals surface area contributed by atoms with E-state index < -0.39 is 5.60 Å². The van der Waals surface area contributed by atoms with Crippen LogP contribution < -0.4 is 9.64 Å². The molecule has 0 fully saturated rings. The molecule has 1 aliphatic rings. The molecule has 0 spiro atoms. The summed E-state index contributed by atoms with van der Waals surface area (Å²) in [5.41, 5.74) is 4.82. The van der Waals surface area contributed by atoms with E-state index in [0.717, 1.165) is 59.3 Å². The number of fused-ring (bicyclic) bond motifs is 2. The van der Waals surface area contributed by atoms with Gasteiger partial charge in [0.15, 0.2) is 0 Å². The number of hydrogen-bond donors (Lipinski definition) is 1. The van der Waals surface area contributed by atoms with Crippen LogP contribution in [0.2, 0.25) is 0 Å². The van der Waals surface area contributed by atoms with Gasteiger partial charge in [-0.1, -0.05) is 70.6 Å². The van der Waals surface area contributed by atoms with Crippen LogP contribution in [0.1, 0.15) is 118 Å². The third-order valence-electron chi connectivity index (χ3n) is 8.95. The minimum atomic E-state index is -1.26. The number of pyridine rings is 1. The minimum Gasteiger partial charge on any atom is -0.493 e. The normalized spacial score (nSPS) is 16.7. The van der Waals surface area contributed by atoms with Crippen molar-refractivity contribution in [3.63, 3.8) is 0 Å². The number of H-pyrrole nitrogens is 1. The fraction of sp³-hybridized carbons (Fsp3) is 0.459. The van der Waals surface area contributed by atoms with Gasteiger partial charge in [0, 0.05) is 58.8 Å². The van der Waals surface area contributed by atoms with Crippen LogP contribution in [0.25, 0.3) is 10.9 Å². The maximum Gasteiger partial charge on any atom is 0.341 e. The monoisotopic (exact) mass is 581 g/mol. The van der Waals surface area contributed by atoms with E-state index in [1.807, 2.05) is 13.0 Å². The lowest BCUT2D eigenvalue weighted by atomic mass is 9.78. The van der Waals surface area contributed by atoms with Crippen molar-refractivity contribution >= 4 is 22.6 Å². The number of benzene rings is 2. The number of carbonyl (C=O) groups excluding carboxylic acids is 1. The molecule has 2 aromatic heterocycles. The zero-order valence-corrected chi connectivity index (χ0v) is 26.5. The lowest BCUT2D eigenvalue weighted by molar-refractivity contribution is 0.0236. The van der Waals surface area contributed by atoms with Crippen molar-refractivity contribution in [2.75, 3.05) is 24.6 Å². The molecule has 2 unspecified atom stereocenters. The molecule has 1 aliphatic heterocycles. The van der Waals surface area contributed by atoms with Crippen LogP contribution in [0.15, 0.2) is 60.8 Å². The summed E-state index contributed by atoms with van der Waals surface area (Å²) in [4.78, 5) is 24.6. The third-order valence-corrected chi connectivity index (χ3v) is 8.95. The quantitative estimate of drug-likeness (QED) is 0.112. The van der Waals surface area contributed by atoms with E-state index in [1.54, 1.807) is 12.3 Å². The smallest absolute Gasteiger partial charge is 0.341 e. The summed E-state index contributed by atoms with van der Waals surface area (Å²) in [5, 5.41) is 1.04. The van der Waals surface area contributed by atoms with Crippen molar-refractivity contribution in [1.29, 1.82) is 0 Å². The van der Waals surface area contributed by atoms with Crippen LogP contribution in [-0.4, -0.2) is 35.6 Å². The van der Waals surface area contributed by atoms with Gasteiger partial charge in [-0.2, -0.15) is 0 Å². The van der Waals surface area contributed by atoms with Gasteiger partial charge >= 0.3 is 5.97 Å². The molecule has 0 aliphatic carbocycles. The number of nitrogens with one attached hydrogen (secondary N) is 1. The molecule has 2 aromatic carbocycles. The molecule has 0 radical (unpaired) electrons. The molecule has 2 atom stereocenters. The second-order valence-electron chi connectivity index (χ2n) is 11.7. The maximum absolute atomic E-state index is 13.7. The first-order valence-electron chi connectivity index (χ1n) is 16.3. The Balaban J connectivity index is 1.72. The Morgan fingerprint density at radius 3 is 2.49 bits per heavy atom. The lowest BCUT2D eigenvalue weighted by Gasteiger charge is -2.33. The molecule has 0 saturated heterocycles. The SMILES string of the molecule is CCCCCCCCC(C)c1[nH]c2ccccc2c1C1(c2ccc(N(CC)CC)cc2OCC)OC(=O)c2cccnc21. The standard InChI is InChI=1S/C37H47N3O3/c1-6-10-11-12-13-14-18-26(5)34-33(28-19-15-16-21-31(28)39-34)37(35-29(36(41)43-37)20-17-24-38-35)30-23-22-27(40(7-2)8-3)25-32(30)42-9-4/h15-17,19-26,39H,6-14,18H2,1-5H3. The van der Waals surface area contributed by atoms with Crippen LogP contribution in [0, 0.1) is 0 Å². The molecule has 4 aromatic rings. The van der Waals surface area contributed by atoms with Gasteiger partial charge in [-0.25, -0.2) is 4.79 Å². The molecular weight excluding hydrogens is 534 g/mol. The first kappa shape index (κ1) is 30.7. The van der Waals surface area contributed by atoms with Crippen molar-refractivity contribution < 1.29 is 14.3 Å². The summed E-state index contributed by atoms with van der Waals surface area (Å²) in [6.45, 7) is 13.1. The average Bonchev–Trinajstić information content (AvgIpc) is 3.56. The summed E-state index contributed by atoms with van der Waals surface area (Å²) >= 11 is 0. The summed E-state index contributed by atoms with van der Waals surface area (Å²) in [7, 11) is 0. The van der Waals surface area contributed by atoms with Crippen LogP contribution in [0.3, 0.4) is 0 Å². The summed E-state index contributed by atoms with van der Waals surface area (Å²) < 4.78 is 13.0. The number of aromatic nitrogens is 2. The zero-order valence-electron chi connectivity index (χ0n) is 26.5. The molecule has 43 heavy (non-hydrogen) atoms. The maximum atomic E-state index is 13.7. The number of cyclic esters (lactones) is 1. The molecule has 0 bridgehead atoms. The van der Waals surface area contributed by atoms with Crippen LogP contribution in [-0.2, 0) is 10.3 Å². The van der Waals surface area contributed by atoms with Crippen molar-refractivity contribution in [2.45, 2.75) is 91.1 Å². The predicted octanol–water partition coefficient (Wildman–Crippen LogP) is 9.12. The Labute approximate surface area is 256 Å². The second kappa shape index (κ2) is 13.7. The highest BCUT2D eigenvalue weighted by Crippen LogP contribution is 2.53. The van der Waals surface area contributed by atoms with Crippen molar-refractivity contribution in [1.82, 2.24) is 9.97 Å².